The molecule has 54 heavy (non-hydrogen) atoms. The van der Waals surface area contributed by atoms with Gasteiger partial charge in [-0.15, -0.1) is 0 Å². The van der Waals surface area contributed by atoms with E-state index in [4.69, 9.17) is 18.9 Å². The fourth-order valence-electron chi connectivity index (χ4n) is 6.94. The molecule has 0 radical (unpaired) electrons. The van der Waals surface area contributed by atoms with E-state index in [-0.39, 0.29) is 26.1 Å². The van der Waals surface area contributed by atoms with Crippen LogP contribution in [0, 0.1) is 0 Å². The maximum Gasteiger partial charge on any atom is 0.335 e. The molecule has 11 heteroatoms. The first-order valence-corrected chi connectivity index (χ1v) is 22.1. The number of hydrogen-bond acceptors (Lipinski definition) is 10. The lowest BCUT2D eigenvalue weighted by Gasteiger charge is -2.38. The van der Waals surface area contributed by atoms with E-state index >= 15 is 0 Å². The minimum atomic E-state index is -1.85. The van der Waals surface area contributed by atoms with E-state index in [2.05, 4.69) is 13.8 Å². The summed E-state index contributed by atoms with van der Waals surface area (Å²) >= 11 is 0. The third-order valence-electron chi connectivity index (χ3n) is 10.5. The number of carbonyl (C=O) groups is 3. The lowest BCUT2D eigenvalue weighted by molar-refractivity contribution is -0.298. The zero-order chi connectivity index (χ0) is 39.7. The summed E-state index contributed by atoms with van der Waals surface area (Å²) in [6, 6.07) is 0. The largest absolute Gasteiger partial charge is 0.479 e. The molecule has 0 aromatic heterocycles. The maximum absolute atomic E-state index is 12.7. The van der Waals surface area contributed by atoms with Crippen molar-refractivity contribution in [1.29, 1.82) is 0 Å². The molecule has 0 bridgehead atoms. The quantitative estimate of drug-likeness (QED) is 0.0351. The van der Waals surface area contributed by atoms with Crippen molar-refractivity contribution in [1.82, 2.24) is 0 Å². The van der Waals surface area contributed by atoms with Gasteiger partial charge in [-0.05, 0) is 12.8 Å². The molecule has 1 saturated heterocycles. The predicted octanol–water partition coefficient (Wildman–Crippen LogP) is 9.09. The first kappa shape index (κ1) is 50.2. The summed E-state index contributed by atoms with van der Waals surface area (Å²) < 4.78 is 21.7. The molecule has 1 rings (SSSR count). The Bertz CT molecular complexity index is 916. The van der Waals surface area contributed by atoms with Crippen molar-refractivity contribution in [3.05, 3.63) is 0 Å². The summed E-state index contributed by atoms with van der Waals surface area (Å²) in [4.78, 5) is 36.7. The average Bonchev–Trinajstić information content (AvgIpc) is 3.15. The number of aliphatic hydroxyl groups excluding tert-OH is 3. The van der Waals surface area contributed by atoms with Crippen molar-refractivity contribution in [3.8, 4) is 0 Å². The van der Waals surface area contributed by atoms with Crippen LogP contribution in [0.1, 0.15) is 206 Å². The van der Waals surface area contributed by atoms with Crippen molar-refractivity contribution in [2.45, 2.75) is 243 Å². The van der Waals surface area contributed by atoms with Crippen LogP contribution in [0.5, 0.6) is 0 Å². The van der Waals surface area contributed by atoms with Gasteiger partial charge in [0.15, 0.2) is 18.5 Å². The van der Waals surface area contributed by atoms with Crippen LogP contribution in [0.25, 0.3) is 0 Å². The van der Waals surface area contributed by atoms with Crippen molar-refractivity contribution in [2.24, 2.45) is 0 Å². The third kappa shape index (κ3) is 26.1. The summed E-state index contributed by atoms with van der Waals surface area (Å²) in [5.41, 5.74) is 0. The molecule has 0 aliphatic carbocycles. The number of esters is 2. The van der Waals surface area contributed by atoms with Crippen LogP contribution >= 0.6 is 0 Å². The summed E-state index contributed by atoms with van der Waals surface area (Å²) in [7, 11) is 0. The standard InChI is InChI=1S/C43H80O11/c1-3-5-7-9-11-13-15-17-18-20-21-23-25-27-29-31-36(44)51-33-35(34-52-43-40(48)38(46)39(47)41(54-43)42(49)50)53-37(45)32-30-28-26-24-22-19-16-14-12-10-8-6-4-2/h35,38-41,43,46-48H,3-34H2,1-2H3,(H,49,50)/t35?,38-,39-,40+,41-,43-/m0/s1. The molecule has 6 atom stereocenters. The molecular formula is C43H80O11. The van der Waals surface area contributed by atoms with Crippen LogP contribution in [0.3, 0.4) is 0 Å². The molecule has 1 aliphatic rings. The summed E-state index contributed by atoms with van der Waals surface area (Å²) in [5, 5.41) is 39.7. The van der Waals surface area contributed by atoms with Gasteiger partial charge in [0, 0.05) is 12.8 Å². The van der Waals surface area contributed by atoms with Gasteiger partial charge < -0.3 is 39.4 Å². The number of carbonyl (C=O) groups excluding carboxylic acids is 2. The second-order valence-electron chi connectivity index (χ2n) is 15.6. The Morgan fingerprint density at radius 2 is 0.870 bits per heavy atom. The van der Waals surface area contributed by atoms with E-state index < -0.39 is 54.7 Å². The zero-order valence-electron chi connectivity index (χ0n) is 34.2. The number of hydrogen-bond donors (Lipinski definition) is 4. The highest BCUT2D eigenvalue weighted by molar-refractivity contribution is 5.73. The predicted molar refractivity (Wildman–Crippen MR) is 211 cm³/mol. The van der Waals surface area contributed by atoms with E-state index in [1.165, 1.54) is 128 Å². The van der Waals surface area contributed by atoms with E-state index in [0.717, 1.165) is 38.5 Å². The smallest absolute Gasteiger partial charge is 0.335 e. The van der Waals surface area contributed by atoms with E-state index in [0.29, 0.717) is 12.8 Å². The van der Waals surface area contributed by atoms with E-state index in [1.54, 1.807) is 0 Å². The monoisotopic (exact) mass is 773 g/mol. The first-order chi connectivity index (χ1) is 26.2. The van der Waals surface area contributed by atoms with Crippen molar-refractivity contribution < 1.29 is 53.8 Å². The molecular weight excluding hydrogens is 692 g/mol. The second kappa shape index (κ2) is 34.5. The molecule has 0 aromatic rings. The van der Waals surface area contributed by atoms with Crippen LogP contribution in [0.2, 0.25) is 0 Å². The molecule has 0 aromatic carbocycles. The van der Waals surface area contributed by atoms with Gasteiger partial charge in [0.25, 0.3) is 0 Å². The molecule has 1 aliphatic heterocycles. The normalized spacial score (nSPS) is 20.5. The van der Waals surface area contributed by atoms with Gasteiger partial charge in [-0.2, -0.15) is 0 Å². The fraction of sp³-hybridized carbons (Fsp3) is 0.930. The fourth-order valence-corrected chi connectivity index (χ4v) is 6.94. The van der Waals surface area contributed by atoms with Gasteiger partial charge >= 0.3 is 17.9 Å². The number of carboxylic acids is 1. The summed E-state index contributed by atoms with van der Waals surface area (Å²) in [6.45, 7) is 3.82. The van der Waals surface area contributed by atoms with Crippen molar-refractivity contribution in [3.63, 3.8) is 0 Å². The van der Waals surface area contributed by atoms with Crippen LogP contribution in [0.4, 0.5) is 0 Å². The van der Waals surface area contributed by atoms with E-state index in [1.807, 2.05) is 0 Å². The number of aliphatic hydroxyl groups is 3. The molecule has 318 valence electrons. The summed E-state index contributed by atoms with van der Waals surface area (Å²) in [5.74, 6) is -2.43. The first-order valence-electron chi connectivity index (χ1n) is 22.1. The third-order valence-corrected chi connectivity index (χ3v) is 10.5. The number of rotatable bonds is 37. The Hall–Kier alpha value is -1.79. The molecule has 4 N–H and O–H groups in total. The maximum atomic E-state index is 12.7. The Balaban J connectivity index is 2.36. The Kier molecular flexibility index (Phi) is 32.1. The topological polar surface area (TPSA) is 169 Å². The highest BCUT2D eigenvalue weighted by atomic mass is 16.7. The lowest BCUT2D eigenvalue weighted by Crippen LogP contribution is -2.60. The molecule has 0 spiro atoms. The highest BCUT2D eigenvalue weighted by Gasteiger charge is 2.47. The lowest BCUT2D eigenvalue weighted by atomic mass is 9.99. The Morgan fingerprint density at radius 1 is 0.500 bits per heavy atom. The Labute approximate surface area is 327 Å². The van der Waals surface area contributed by atoms with Crippen molar-refractivity contribution >= 4 is 17.9 Å². The number of carboxylic acid groups (broad SMARTS) is 1. The zero-order valence-corrected chi connectivity index (χ0v) is 34.2. The molecule has 1 heterocycles. The minimum absolute atomic E-state index is 0.190. The van der Waals surface area contributed by atoms with Gasteiger partial charge in [0.1, 0.15) is 24.9 Å². The molecule has 11 nitrogen and oxygen atoms in total. The summed E-state index contributed by atoms with van der Waals surface area (Å²) in [6.07, 6.45) is 24.4. The van der Waals surface area contributed by atoms with Crippen LogP contribution in [-0.4, -0.2) is 88.4 Å². The number of aliphatic carboxylic acids is 1. The highest BCUT2D eigenvalue weighted by Crippen LogP contribution is 2.23. The van der Waals surface area contributed by atoms with Crippen LogP contribution in [0.15, 0.2) is 0 Å². The van der Waals surface area contributed by atoms with Gasteiger partial charge in [0.2, 0.25) is 0 Å². The number of unbranched alkanes of at least 4 members (excludes halogenated alkanes) is 26. The van der Waals surface area contributed by atoms with Gasteiger partial charge in [0.05, 0.1) is 6.61 Å². The minimum Gasteiger partial charge on any atom is -0.479 e. The SMILES string of the molecule is CCCCCCCCCCCCCCCCCC(=O)OCC(CO[C@H]1O[C@H](C(=O)O)[C@@H](O)[C@H](O)[C@H]1O)OC(=O)CCCCCCCCCCCCCCC. The average molecular weight is 773 g/mol. The van der Waals surface area contributed by atoms with Crippen LogP contribution in [-0.2, 0) is 33.3 Å². The van der Waals surface area contributed by atoms with Gasteiger partial charge in [-0.1, -0.05) is 181 Å². The molecule has 1 unspecified atom stereocenters. The number of ether oxygens (including phenoxy) is 4. The van der Waals surface area contributed by atoms with Gasteiger partial charge in [-0.3, -0.25) is 9.59 Å². The van der Waals surface area contributed by atoms with E-state index in [9.17, 15) is 34.8 Å². The molecule has 0 saturated carbocycles. The molecule has 1 fully saturated rings. The Morgan fingerprint density at radius 3 is 1.26 bits per heavy atom. The second-order valence-corrected chi connectivity index (χ2v) is 15.6. The van der Waals surface area contributed by atoms with Crippen LogP contribution < -0.4 is 0 Å². The molecule has 0 amide bonds. The van der Waals surface area contributed by atoms with Gasteiger partial charge in [-0.25, -0.2) is 4.79 Å². The van der Waals surface area contributed by atoms with Crippen molar-refractivity contribution in [2.75, 3.05) is 13.2 Å².